The monoisotopic (exact) mass is 344 g/mol. The maximum atomic E-state index is 12.0. The molecule has 1 aliphatic heterocycles. The third kappa shape index (κ3) is 2.95. The molecular formula is C18H17ClN2O3. The SMILES string of the molecule is COc1cc(OC)cc(-c2ccc3c(c2)C(Cl)=NCC(=O)N3C)c1. The first kappa shape index (κ1) is 16.3. The number of rotatable bonds is 3. The van der Waals surface area contributed by atoms with Crippen molar-refractivity contribution in [3.8, 4) is 22.6 Å². The summed E-state index contributed by atoms with van der Waals surface area (Å²) in [6.07, 6.45) is 0. The number of likely N-dealkylation sites (N-methyl/N-ethyl adjacent to an activating group) is 1. The molecule has 0 N–H and O–H groups in total. The van der Waals surface area contributed by atoms with Crippen LogP contribution in [0.5, 0.6) is 11.5 Å². The molecule has 0 radical (unpaired) electrons. The van der Waals surface area contributed by atoms with Crippen LogP contribution in [0.25, 0.3) is 11.1 Å². The van der Waals surface area contributed by atoms with Crippen LogP contribution in [0.2, 0.25) is 0 Å². The number of aliphatic imine (C=N–C) groups is 1. The molecule has 0 bridgehead atoms. The van der Waals surface area contributed by atoms with Crippen molar-refractivity contribution in [3.05, 3.63) is 42.0 Å². The van der Waals surface area contributed by atoms with Crippen LogP contribution in [-0.2, 0) is 4.79 Å². The van der Waals surface area contributed by atoms with Crippen molar-refractivity contribution in [3.63, 3.8) is 0 Å². The Morgan fingerprint density at radius 1 is 1.04 bits per heavy atom. The quantitative estimate of drug-likeness (QED) is 0.858. The Kier molecular flexibility index (Phi) is 4.44. The van der Waals surface area contributed by atoms with E-state index in [1.165, 1.54) is 0 Å². The van der Waals surface area contributed by atoms with Gasteiger partial charge in [0.15, 0.2) is 0 Å². The van der Waals surface area contributed by atoms with Gasteiger partial charge in [-0.25, -0.2) is 0 Å². The number of ether oxygens (including phenoxy) is 2. The number of carbonyl (C=O) groups is 1. The fourth-order valence-electron chi connectivity index (χ4n) is 2.61. The molecule has 0 unspecified atom stereocenters. The molecule has 0 fully saturated rings. The molecule has 124 valence electrons. The number of anilines is 1. The van der Waals surface area contributed by atoms with Crippen LogP contribution in [0.4, 0.5) is 5.69 Å². The highest BCUT2D eigenvalue weighted by molar-refractivity contribution is 6.70. The van der Waals surface area contributed by atoms with Crippen molar-refractivity contribution in [2.45, 2.75) is 0 Å². The molecular weight excluding hydrogens is 328 g/mol. The molecule has 1 heterocycles. The molecule has 2 aromatic carbocycles. The number of nitrogens with zero attached hydrogens (tertiary/aromatic N) is 2. The number of carbonyl (C=O) groups excluding carboxylic acids is 1. The van der Waals surface area contributed by atoms with E-state index < -0.39 is 0 Å². The highest BCUT2D eigenvalue weighted by Crippen LogP contribution is 2.33. The van der Waals surface area contributed by atoms with Crippen LogP contribution >= 0.6 is 11.6 Å². The number of hydrogen-bond donors (Lipinski definition) is 0. The number of amides is 1. The number of halogens is 1. The molecule has 0 aromatic heterocycles. The van der Waals surface area contributed by atoms with Crippen molar-refractivity contribution in [1.82, 2.24) is 0 Å². The second-order valence-corrected chi connectivity index (χ2v) is 5.75. The largest absolute Gasteiger partial charge is 0.497 e. The smallest absolute Gasteiger partial charge is 0.248 e. The normalized spacial score (nSPS) is 13.9. The molecule has 5 nitrogen and oxygen atoms in total. The highest BCUT2D eigenvalue weighted by Gasteiger charge is 2.21. The van der Waals surface area contributed by atoms with Crippen molar-refractivity contribution in [2.24, 2.45) is 4.99 Å². The fraction of sp³-hybridized carbons (Fsp3) is 0.222. The van der Waals surface area contributed by atoms with E-state index in [1.807, 2.05) is 36.4 Å². The summed E-state index contributed by atoms with van der Waals surface area (Å²) in [5.41, 5.74) is 3.33. The van der Waals surface area contributed by atoms with Gasteiger partial charge in [-0.15, -0.1) is 0 Å². The minimum absolute atomic E-state index is 0.0479. The van der Waals surface area contributed by atoms with Gasteiger partial charge >= 0.3 is 0 Å². The van der Waals surface area contributed by atoms with Crippen molar-refractivity contribution >= 4 is 28.4 Å². The van der Waals surface area contributed by atoms with E-state index in [4.69, 9.17) is 21.1 Å². The lowest BCUT2D eigenvalue weighted by atomic mass is 10.0. The van der Waals surface area contributed by atoms with E-state index in [9.17, 15) is 4.79 Å². The second kappa shape index (κ2) is 6.53. The molecule has 3 rings (SSSR count). The Morgan fingerprint density at radius 2 is 1.71 bits per heavy atom. The van der Waals surface area contributed by atoms with E-state index in [1.54, 1.807) is 26.2 Å². The average Bonchev–Trinajstić information content (AvgIpc) is 2.73. The minimum atomic E-state index is -0.0947. The molecule has 1 amide bonds. The first-order valence-electron chi connectivity index (χ1n) is 7.38. The average molecular weight is 345 g/mol. The second-order valence-electron chi connectivity index (χ2n) is 5.39. The van der Waals surface area contributed by atoms with Crippen molar-refractivity contribution < 1.29 is 14.3 Å². The van der Waals surface area contributed by atoms with Crippen LogP contribution in [0.15, 0.2) is 41.4 Å². The zero-order valence-electron chi connectivity index (χ0n) is 13.7. The van der Waals surface area contributed by atoms with Crippen LogP contribution < -0.4 is 14.4 Å². The van der Waals surface area contributed by atoms with Gasteiger partial charge in [0.25, 0.3) is 0 Å². The van der Waals surface area contributed by atoms with Crippen LogP contribution in [-0.4, -0.2) is 38.9 Å². The lowest BCUT2D eigenvalue weighted by Crippen LogP contribution is -2.27. The summed E-state index contributed by atoms with van der Waals surface area (Å²) in [5, 5.41) is 0.333. The number of benzodiazepines with no additional fused rings is 1. The first-order valence-corrected chi connectivity index (χ1v) is 7.75. The molecule has 0 saturated heterocycles. The van der Waals surface area contributed by atoms with Gasteiger partial charge in [0.1, 0.15) is 23.2 Å². The Hall–Kier alpha value is -2.53. The van der Waals surface area contributed by atoms with Crippen LogP contribution in [0.3, 0.4) is 0 Å². The molecule has 0 atom stereocenters. The van der Waals surface area contributed by atoms with E-state index in [0.717, 1.165) is 22.4 Å². The van der Waals surface area contributed by atoms with Gasteiger partial charge in [-0.3, -0.25) is 9.79 Å². The standard InChI is InChI=1S/C18H17ClN2O3/c1-21-16-5-4-11(8-15(16)18(19)20-10-17(21)22)12-6-13(23-2)9-14(7-12)24-3/h4-9H,10H2,1-3H3. The summed E-state index contributed by atoms with van der Waals surface area (Å²) in [6, 6.07) is 11.4. The maximum Gasteiger partial charge on any atom is 0.248 e. The van der Waals surface area contributed by atoms with E-state index >= 15 is 0 Å². The fourth-order valence-corrected chi connectivity index (χ4v) is 2.82. The first-order chi connectivity index (χ1) is 11.5. The molecule has 0 aliphatic carbocycles. The van der Waals surface area contributed by atoms with Crippen molar-refractivity contribution in [1.29, 1.82) is 0 Å². The Morgan fingerprint density at radius 3 is 2.33 bits per heavy atom. The number of benzene rings is 2. The summed E-state index contributed by atoms with van der Waals surface area (Å²) < 4.78 is 10.6. The summed E-state index contributed by atoms with van der Waals surface area (Å²) >= 11 is 6.28. The molecule has 1 aliphatic rings. The lowest BCUT2D eigenvalue weighted by Gasteiger charge is -2.18. The third-order valence-corrected chi connectivity index (χ3v) is 4.32. The summed E-state index contributed by atoms with van der Waals surface area (Å²) in [7, 11) is 4.94. The number of hydrogen-bond acceptors (Lipinski definition) is 4. The molecule has 6 heteroatoms. The van der Waals surface area contributed by atoms with E-state index in [2.05, 4.69) is 4.99 Å². The van der Waals surface area contributed by atoms with Gasteiger partial charge in [0, 0.05) is 18.7 Å². The predicted molar refractivity (Wildman–Crippen MR) is 95.6 cm³/mol. The summed E-state index contributed by atoms with van der Waals surface area (Å²) in [5.74, 6) is 1.31. The Labute approximate surface area is 145 Å². The van der Waals surface area contributed by atoms with Gasteiger partial charge in [0.05, 0.1) is 19.9 Å². The Bertz CT molecular complexity index is 811. The zero-order valence-corrected chi connectivity index (χ0v) is 14.4. The van der Waals surface area contributed by atoms with Gasteiger partial charge in [-0.05, 0) is 35.4 Å². The van der Waals surface area contributed by atoms with Gasteiger partial charge in [0.2, 0.25) is 5.91 Å². The van der Waals surface area contributed by atoms with Gasteiger partial charge < -0.3 is 14.4 Å². The molecule has 0 saturated carbocycles. The highest BCUT2D eigenvalue weighted by atomic mass is 35.5. The Balaban J connectivity index is 2.13. The maximum absolute atomic E-state index is 12.0. The van der Waals surface area contributed by atoms with E-state index in [0.29, 0.717) is 16.7 Å². The zero-order chi connectivity index (χ0) is 17.3. The minimum Gasteiger partial charge on any atom is -0.497 e. The number of methoxy groups -OCH3 is 2. The van der Waals surface area contributed by atoms with Crippen molar-refractivity contribution in [2.75, 3.05) is 32.7 Å². The summed E-state index contributed by atoms with van der Waals surface area (Å²) in [4.78, 5) is 17.7. The third-order valence-electron chi connectivity index (χ3n) is 3.99. The lowest BCUT2D eigenvalue weighted by molar-refractivity contribution is -0.116. The molecule has 24 heavy (non-hydrogen) atoms. The van der Waals surface area contributed by atoms with E-state index in [-0.39, 0.29) is 12.5 Å². The topological polar surface area (TPSA) is 51.1 Å². The van der Waals surface area contributed by atoms with Gasteiger partial charge in [-0.2, -0.15) is 0 Å². The molecule has 2 aromatic rings. The van der Waals surface area contributed by atoms with Crippen LogP contribution in [0.1, 0.15) is 5.56 Å². The predicted octanol–water partition coefficient (Wildman–Crippen LogP) is 3.33. The summed E-state index contributed by atoms with van der Waals surface area (Å²) in [6.45, 7) is 0.0479. The molecule has 0 spiro atoms. The van der Waals surface area contributed by atoms with Crippen LogP contribution in [0, 0.1) is 0 Å². The number of fused-ring (bicyclic) bond motifs is 1. The van der Waals surface area contributed by atoms with Gasteiger partial charge in [-0.1, -0.05) is 17.7 Å².